The molecule has 5 heteroatoms. The van der Waals surface area contributed by atoms with Crippen molar-refractivity contribution in [3.8, 4) is 0 Å². The number of hydrogen-bond donors (Lipinski definition) is 1. The molecule has 1 aromatic carbocycles. The Morgan fingerprint density at radius 1 is 1.44 bits per heavy atom. The van der Waals surface area contributed by atoms with Gasteiger partial charge in [0.25, 0.3) is 0 Å². The SMILES string of the molecule is CCCC1CC(=O)N(c2cccc(Cl)c2)C(=O)N1. The summed E-state index contributed by atoms with van der Waals surface area (Å²) in [6.45, 7) is 2.03. The van der Waals surface area contributed by atoms with Crippen molar-refractivity contribution < 1.29 is 9.59 Å². The lowest BCUT2D eigenvalue weighted by molar-refractivity contribution is -0.119. The number of benzene rings is 1. The van der Waals surface area contributed by atoms with Crippen molar-refractivity contribution in [1.82, 2.24) is 5.32 Å². The molecule has 1 fully saturated rings. The molecule has 1 aromatic rings. The fourth-order valence-corrected chi connectivity index (χ4v) is 2.29. The van der Waals surface area contributed by atoms with E-state index in [1.54, 1.807) is 24.3 Å². The first-order chi connectivity index (χ1) is 8.61. The first-order valence-electron chi connectivity index (χ1n) is 6.01. The second-order valence-electron chi connectivity index (χ2n) is 4.35. The highest BCUT2D eigenvalue weighted by atomic mass is 35.5. The number of carbonyl (C=O) groups is 2. The first kappa shape index (κ1) is 12.9. The zero-order valence-corrected chi connectivity index (χ0v) is 10.9. The molecule has 0 aromatic heterocycles. The molecule has 0 aliphatic carbocycles. The standard InChI is InChI=1S/C13H15ClN2O2/c1-2-4-10-8-12(17)16(13(18)15-10)11-6-3-5-9(14)7-11/h3,5-7,10H,2,4,8H2,1H3,(H,15,18). The Morgan fingerprint density at radius 2 is 2.22 bits per heavy atom. The monoisotopic (exact) mass is 266 g/mol. The van der Waals surface area contributed by atoms with E-state index in [-0.39, 0.29) is 18.0 Å². The number of anilines is 1. The Hall–Kier alpha value is -1.55. The lowest BCUT2D eigenvalue weighted by Gasteiger charge is -2.31. The summed E-state index contributed by atoms with van der Waals surface area (Å²) >= 11 is 5.87. The van der Waals surface area contributed by atoms with Gasteiger partial charge in [0.05, 0.1) is 5.69 Å². The van der Waals surface area contributed by atoms with E-state index in [0.29, 0.717) is 17.1 Å². The van der Waals surface area contributed by atoms with Crippen LogP contribution in [0.5, 0.6) is 0 Å². The van der Waals surface area contributed by atoms with Gasteiger partial charge in [0.2, 0.25) is 5.91 Å². The number of hydrogen-bond acceptors (Lipinski definition) is 2. The molecule has 1 unspecified atom stereocenters. The molecule has 1 atom stereocenters. The average molecular weight is 267 g/mol. The topological polar surface area (TPSA) is 49.4 Å². The fraction of sp³-hybridized carbons (Fsp3) is 0.385. The van der Waals surface area contributed by atoms with Crippen LogP contribution in [0.3, 0.4) is 0 Å². The molecule has 0 saturated carbocycles. The van der Waals surface area contributed by atoms with E-state index in [9.17, 15) is 9.59 Å². The number of urea groups is 1. The van der Waals surface area contributed by atoms with Crippen LogP contribution < -0.4 is 10.2 Å². The Morgan fingerprint density at radius 3 is 2.83 bits per heavy atom. The van der Waals surface area contributed by atoms with Gasteiger partial charge in [-0.15, -0.1) is 0 Å². The van der Waals surface area contributed by atoms with Crippen molar-refractivity contribution >= 4 is 29.2 Å². The molecule has 1 heterocycles. The number of halogens is 1. The number of imide groups is 1. The van der Waals surface area contributed by atoms with Crippen LogP contribution >= 0.6 is 11.6 Å². The minimum atomic E-state index is -0.369. The predicted molar refractivity (Wildman–Crippen MR) is 70.8 cm³/mol. The summed E-state index contributed by atoms with van der Waals surface area (Å²) in [5.74, 6) is -0.181. The smallest absolute Gasteiger partial charge is 0.328 e. The molecular weight excluding hydrogens is 252 g/mol. The van der Waals surface area contributed by atoms with E-state index >= 15 is 0 Å². The second kappa shape index (κ2) is 5.40. The van der Waals surface area contributed by atoms with Gasteiger partial charge in [-0.3, -0.25) is 4.79 Å². The van der Waals surface area contributed by atoms with Crippen molar-refractivity contribution in [2.45, 2.75) is 32.2 Å². The van der Waals surface area contributed by atoms with Gasteiger partial charge in [-0.1, -0.05) is 31.0 Å². The lowest BCUT2D eigenvalue weighted by Crippen LogP contribution is -2.54. The Kier molecular flexibility index (Phi) is 3.87. The van der Waals surface area contributed by atoms with Crippen LogP contribution in [0, 0.1) is 0 Å². The van der Waals surface area contributed by atoms with Gasteiger partial charge in [-0.25, -0.2) is 9.69 Å². The van der Waals surface area contributed by atoms with E-state index in [0.717, 1.165) is 17.7 Å². The highest BCUT2D eigenvalue weighted by molar-refractivity contribution is 6.31. The molecule has 96 valence electrons. The Labute approximate surface area is 111 Å². The normalized spacial score (nSPS) is 19.9. The third-order valence-corrected chi connectivity index (χ3v) is 3.14. The molecule has 0 bridgehead atoms. The molecule has 3 amide bonds. The number of rotatable bonds is 3. The van der Waals surface area contributed by atoms with E-state index in [1.165, 1.54) is 0 Å². The quantitative estimate of drug-likeness (QED) is 0.914. The van der Waals surface area contributed by atoms with Crippen LogP contribution in [0.1, 0.15) is 26.2 Å². The minimum absolute atomic E-state index is 0.0505. The largest absolute Gasteiger partial charge is 0.334 e. The molecule has 0 spiro atoms. The fourth-order valence-electron chi connectivity index (χ4n) is 2.10. The van der Waals surface area contributed by atoms with Crippen LogP contribution in [0.2, 0.25) is 5.02 Å². The van der Waals surface area contributed by atoms with Gasteiger partial charge in [0, 0.05) is 17.5 Å². The highest BCUT2D eigenvalue weighted by Crippen LogP contribution is 2.23. The van der Waals surface area contributed by atoms with Gasteiger partial charge < -0.3 is 5.32 Å². The molecule has 1 aliphatic heterocycles. The Balaban J connectivity index is 2.20. The van der Waals surface area contributed by atoms with E-state index in [2.05, 4.69) is 5.32 Å². The zero-order valence-electron chi connectivity index (χ0n) is 10.1. The van der Waals surface area contributed by atoms with E-state index in [4.69, 9.17) is 11.6 Å². The maximum atomic E-state index is 12.0. The van der Waals surface area contributed by atoms with Crippen molar-refractivity contribution in [1.29, 1.82) is 0 Å². The summed E-state index contributed by atoms with van der Waals surface area (Å²) in [5.41, 5.74) is 0.514. The maximum absolute atomic E-state index is 12.0. The van der Waals surface area contributed by atoms with Gasteiger partial charge in [-0.05, 0) is 24.6 Å². The molecule has 4 nitrogen and oxygen atoms in total. The molecule has 1 saturated heterocycles. The summed E-state index contributed by atoms with van der Waals surface area (Å²) < 4.78 is 0. The van der Waals surface area contributed by atoms with Gasteiger partial charge >= 0.3 is 6.03 Å². The number of nitrogens with one attached hydrogen (secondary N) is 1. The van der Waals surface area contributed by atoms with E-state index < -0.39 is 0 Å². The van der Waals surface area contributed by atoms with Crippen molar-refractivity contribution in [2.75, 3.05) is 4.90 Å². The summed E-state index contributed by atoms with van der Waals surface area (Å²) in [7, 11) is 0. The van der Waals surface area contributed by atoms with Gasteiger partial charge in [0.15, 0.2) is 0 Å². The maximum Gasteiger partial charge on any atom is 0.328 e. The van der Waals surface area contributed by atoms with Crippen molar-refractivity contribution in [3.05, 3.63) is 29.3 Å². The average Bonchev–Trinajstić information content (AvgIpc) is 2.28. The number of carbonyl (C=O) groups excluding carboxylic acids is 2. The summed E-state index contributed by atoms with van der Waals surface area (Å²) in [6, 6.07) is 6.31. The molecular formula is C13H15ClN2O2. The minimum Gasteiger partial charge on any atom is -0.334 e. The van der Waals surface area contributed by atoms with Crippen molar-refractivity contribution in [2.24, 2.45) is 0 Å². The van der Waals surface area contributed by atoms with Crippen LogP contribution in [-0.4, -0.2) is 18.0 Å². The predicted octanol–water partition coefficient (Wildman–Crippen LogP) is 2.96. The molecule has 1 N–H and O–H groups in total. The molecule has 0 radical (unpaired) electrons. The summed E-state index contributed by atoms with van der Waals surface area (Å²) in [6.07, 6.45) is 2.10. The summed E-state index contributed by atoms with van der Waals surface area (Å²) in [4.78, 5) is 25.1. The lowest BCUT2D eigenvalue weighted by atomic mass is 10.1. The van der Waals surface area contributed by atoms with Crippen molar-refractivity contribution in [3.63, 3.8) is 0 Å². The van der Waals surface area contributed by atoms with Crippen LogP contribution in [0.4, 0.5) is 10.5 Å². The highest BCUT2D eigenvalue weighted by Gasteiger charge is 2.32. The second-order valence-corrected chi connectivity index (χ2v) is 4.78. The number of amides is 3. The molecule has 2 rings (SSSR count). The van der Waals surface area contributed by atoms with Crippen LogP contribution in [0.15, 0.2) is 24.3 Å². The third kappa shape index (κ3) is 2.64. The molecule has 18 heavy (non-hydrogen) atoms. The third-order valence-electron chi connectivity index (χ3n) is 2.90. The zero-order chi connectivity index (χ0) is 13.1. The summed E-state index contributed by atoms with van der Waals surface area (Å²) in [5, 5.41) is 3.34. The van der Waals surface area contributed by atoms with Gasteiger partial charge in [0.1, 0.15) is 0 Å². The van der Waals surface area contributed by atoms with Crippen LogP contribution in [0.25, 0.3) is 0 Å². The van der Waals surface area contributed by atoms with Gasteiger partial charge in [-0.2, -0.15) is 0 Å². The molecule has 1 aliphatic rings. The van der Waals surface area contributed by atoms with E-state index in [1.807, 2.05) is 6.92 Å². The Bertz CT molecular complexity index is 458. The van der Waals surface area contributed by atoms with Crippen LogP contribution in [-0.2, 0) is 4.79 Å². The first-order valence-corrected chi connectivity index (χ1v) is 6.38. The number of nitrogens with zero attached hydrogens (tertiary/aromatic N) is 1.